The van der Waals surface area contributed by atoms with E-state index < -0.39 is 0 Å². The predicted octanol–water partition coefficient (Wildman–Crippen LogP) is 2.03. The van der Waals surface area contributed by atoms with Gasteiger partial charge in [0.15, 0.2) is 0 Å². The molecule has 0 amide bonds. The van der Waals surface area contributed by atoms with E-state index in [9.17, 15) is 0 Å². The van der Waals surface area contributed by atoms with Gasteiger partial charge in [-0.3, -0.25) is 0 Å². The van der Waals surface area contributed by atoms with Crippen LogP contribution in [0.15, 0.2) is 0 Å². The molecule has 1 atom stereocenters. The maximum Gasteiger partial charge on any atom is 0.323 e. The molecule has 0 spiro atoms. The molecule has 112 valence electrons. The number of hydrogen-bond acceptors (Lipinski definition) is 7. The van der Waals surface area contributed by atoms with Crippen LogP contribution in [0, 0.1) is 0 Å². The monoisotopic (exact) mass is 297 g/mol. The van der Waals surface area contributed by atoms with Crippen LogP contribution in [0.3, 0.4) is 0 Å². The first kappa shape index (κ1) is 15.2. The highest BCUT2D eigenvalue weighted by molar-refractivity contribution is 7.99. The maximum atomic E-state index is 5.46. The third-order valence-electron chi connectivity index (χ3n) is 3.03. The standard InChI is InChI=1S/C13H23N5OS/c1-4-6-14-11-15-12(17-13(16-11)19-5-2)18-7-8-20-9-10(18)3/h10H,4-9H2,1-3H3,(H,14,15,16,17). The summed E-state index contributed by atoms with van der Waals surface area (Å²) < 4.78 is 5.46. The molecule has 1 aliphatic heterocycles. The van der Waals surface area contributed by atoms with Gasteiger partial charge in [0.1, 0.15) is 0 Å². The van der Waals surface area contributed by atoms with Gasteiger partial charge < -0.3 is 15.0 Å². The lowest BCUT2D eigenvalue weighted by molar-refractivity contribution is 0.311. The summed E-state index contributed by atoms with van der Waals surface area (Å²) >= 11 is 1.97. The molecule has 2 heterocycles. The number of nitrogens with zero attached hydrogens (tertiary/aromatic N) is 4. The third-order valence-corrected chi connectivity index (χ3v) is 4.22. The van der Waals surface area contributed by atoms with E-state index in [1.165, 1.54) is 0 Å². The first-order chi connectivity index (χ1) is 9.74. The van der Waals surface area contributed by atoms with Crippen molar-refractivity contribution >= 4 is 23.7 Å². The van der Waals surface area contributed by atoms with Crippen molar-refractivity contribution in [2.45, 2.75) is 33.2 Å². The van der Waals surface area contributed by atoms with Gasteiger partial charge in [0.2, 0.25) is 11.9 Å². The van der Waals surface area contributed by atoms with Crippen molar-refractivity contribution < 1.29 is 4.74 Å². The van der Waals surface area contributed by atoms with Crippen LogP contribution in [-0.2, 0) is 0 Å². The summed E-state index contributed by atoms with van der Waals surface area (Å²) in [5, 5.41) is 3.21. The Morgan fingerprint density at radius 3 is 2.90 bits per heavy atom. The van der Waals surface area contributed by atoms with E-state index in [1.54, 1.807) is 0 Å². The molecule has 7 heteroatoms. The topological polar surface area (TPSA) is 63.2 Å². The smallest absolute Gasteiger partial charge is 0.323 e. The van der Waals surface area contributed by atoms with Crippen molar-refractivity contribution in [2.24, 2.45) is 0 Å². The quantitative estimate of drug-likeness (QED) is 0.862. The van der Waals surface area contributed by atoms with Crippen molar-refractivity contribution in [3.8, 4) is 6.01 Å². The first-order valence-corrected chi connectivity index (χ1v) is 8.37. The first-order valence-electron chi connectivity index (χ1n) is 7.21. The van der Waals surface area contributed by atoms with Crippen molar-refractivity contribution in [2.75, 3.05) is 41.4 Å². The number of rotatable bonds is 6. The summed E-state index contributed by atoms with van der Waals surface area (Å²) in [4.78, 5) is 15.5. The molecule has 1 N–H and O–H groups in total. The Morgan fingerprint density at radius 1 is 1.35 bits per heavy atom. The largest absolute Gasteiger partial charge is 0.464 e. The molecule has 0 aliphatic carbocycles. The van der Waals surface area contributed by atoms with Crippen molar-refractivity contribution in [3.05, 3.63) is 0 Å². The molecule has 6 nitrogen and oxygen atoms in total. The average Bonchev–Trinajstić information content (AvgIpc) is 2.46. The minimum atomic E-state index is 0.404. The van der Waals surface area contributed by atoms with Gasteiger partial charge in [0, 0.05) is 30.6 Å². The number of ether oxygens (including phenoxy) is 1. The molecule has 1 aliphatic rings. The van der Waals surface area contributed by atoms with Crippen LogP contribution in [0.2, 0.25) is 0 Å². The lowest BCUT2D eigenvalue weighted by Gasteiger charge is -2.33. The van der Waals surface area contributed by atoms with Gasteiger partial charge in [-0.05, 0) is 20.3 Å². The van der Waals surface area contributed by atoms with E-state index in [2.05, 4.69) is 39.0 Å². The highest BCUT2D eigenvalue weighted by Gasteiger charge is 2.22. The Kier molecular flexibility index (Phi) is 5.70. The van der Waals surface area contributed by atoms with Crippen molar-refractivity contribution in [1.29, 1.82) is 0 Å². The summed E-state index contributed by atoms with van der Waals surface area (Å²) in [7, 11) is 0. The second-order valence-electron chi connectivity index (χ2n) is 4.72. The van der Waals surface area contributed by atoms with Crippen LogP contribution in [0.4, 0.5) is 11.9 Å². The Morgan fingerprint density at radius 2 is 2.20 bits per heavy atom. The van der Waals surface area contributed by atoms with E-state index in [1.807, 2.05) is 18.7 Å². The van der Waals surface area contributed by atoms with Gasteiger partial charge in [-0.1, -0.05) is 6.92 Å². The van der Waals surface area contributed by atoms with Crippen LogP contribution < -0.4 is 15.0 Å². The molecular weight excluding hydrogens is 274 g/mol. The van der Waals surface area contributed by atoms with Crippen molar-refractivity contribution in [3.63, 3.8) is 0 Å². The predicted molar refractivity (Wildman–Crippen MR) is 83.9 cm³/mol. The molecular formula is C13H23N5OS. The summed E-state index contributed by atoms with van der Waals surface area (Å²) in [6.45, 7) is 8.62. The van der Waals surface area contributed by atoms with E-state index in [-0.39, 0.29) is 0 Å². The lowest BCUT2D eigenvalue weighted by atomic mass is 10.3. The zero-order valence-electron chi connectivity index (χ0n) is 12.4. The molecule has 2 rings (SSSR count). The van der Waals surface area contributed by atoms with Crippen LogP contribution in [0.5, 0.6) is 6.01 Å². The van der Waals surface area contributed by atoms with E-state index >= 15 is 0 Å². The minimum absolute atomic E-state index is 0.404. The number of aromatic nitrogens is 3. The Balaban J connectivity index is 2.22. The number of nitrogens with one attached hydrogen (secondary N) is 1. The zero-order chi connectivity index (χ0) is 14.4. The molecule has 0 radical (unpaired) electrons. The second-order valence-corrected chi connectivity index (χ2v) is 5.87. The molecule has 1 fully saturated rings. The highest BCUT2D eigenvalue weighted by Crippen LogP contribution is 2.23. The molecule has 0 aromatic carbocycles. The van der Waals surface area contributed by atoms with Crippen LogP contribution in [0.1, 0.15) is 27.2 Å². The van der Waals surface area contributed by atoms with Gasteiger partial charge in [0.05, 0.1) is 6.61 Å². The Labute approximate surface area is 124 Å². The molecule has 1 aromatic rings. The van der Waals surface area contributed by atoms with E-state index in [4.69, 9.17) is 4.74 Å². The highest BCUT2D eigenvalue weighted by atomic mass is 32.2. The number of thioether (sulfide) groups is 1. The molecule has 1 saturated heterocycles. The van der Waals surface area contributed by atoms with Crippen molar-refractivity contribution in [1.82, 2.24) is 15.0 Å². The van der Waals surface area contributed by atoms with E-state index in [0.29, 0.717) is 24.6 Å². The number of anilines is 2. The average molecular weight is 297 g/mol. The third kappa shape index (κ3) is 3.88. The summed E-state index contributed by atoms with van der Waals surface area (Å²) in [5.41, 5.74) is 0. The fourth-order valence-electron chi connectivity index (χ4n) is 2.01. The molecule has 0 bridgehead atoms. The van der Waals surface area contributed by atoms with Crippen LogP contribution in [0.25, 0.3) is 0 Å². The fraction of sp³-hybridized carbons (Fsp3) is 0.769. The van der Waals surface area contributed by atoms with Gasteiger partial charge in [-0.25, -0.2) is 0 Å². The number of hydrogen-bond donors (Lipinski definition) is 1. The minimum Gasteiger partial charge on any atom is -0.464 e. The Bertz CT molecular complexity index is 431. The summed E-state index contributed by atoms with van der Waals surface area (Å²) in [5.74, 6) is 3.53. The fourth-order valence-corrected chi connectivity index (χ4v) is 3.02. The van der Waals surface area contributed by atoms with Gasteiger partial charge in [-0.15, -0.1) is 0 Å². The SMILES string of the molecule is CCCNc1nc(OCC)nc(N2CCSCC2C)n1. The normalized spacial score (nSPS) is 18.9. The van der Waals surface area contributed by atoms with Crippen LogP contribution >= 0.6 is 11.8 Å². The summed E-state index contributed by atoms with van der Waals surface area (Å²) in [6, 6.07) is 0.839. The molecule has 1 unspecified atom stereocenters. The maximum absolute atomic E-state index is 5.46. The summed E-state index contributed by atoms with van der Waals surface area (Å²) in [6.07, 6.45) is 1.03. The second kappa shape index (κ2) is 7.52. The molecule has 20 heavy (non-hydrogen) atoms. The van der Waals surface area contributed by atoms with E-state index in [0.717, 1.165) is 37.0 Å². The Hall–Kier alpha value is -1.24. The lowest BCUT2D eigenvalue weighted by Crippen LogP contribution is -2.41. The zero-order valence-corrected chi connectivity index (χ0v) is 13.2. The van der Waals surface area contributed by atoms with Gasteiger partial charge in [-0.2, -0.15) is 26.7 Å². The van der Waals surface area contributed by atoms with Crippen LogP contribution in [-0.4, -0.2) is 52.2 Å². The molecule has 1 aromatic heterocycles. The van der Waals surface area contributed by atoms with Gasteiger partial charge in [0.25, 0.3) is 0 Å². The molecule has 0 saturated carbocycles. The van der Waals surface area contributed by atoms with Gasteiger partial charge >= 0.3 is 6.01 Å².